The van der Waals surface area contributed by atoms with Crippen LogP contribution >= 0.6 is 0 Å². The van der Waals surface area contributed by atoms with Crippen LogP contribution in [-0.2, 0) is 0 Å². The minimum absolute atomic E-state index is 0.0216. The maximum Gasteiger partial charge on any atom is 0.270 e. The Kier molecular flexibility index (Phi) is 6.48. The third kappa shape index (κ3) is 4.83. The molecule has 0 aromatic carbocycles. The van der Waals surface area contributed by atoms with Gasteiger partial charge >= 0.3 is 0 Å². The van der Waals surface area contributed by atoms with Crippen LogP contribution in [0.25, 0.3) is 5.65 Å². The molecular formula is C21H31N3O. The minimum Gasteiger partial charge on any atom is -0.348 e. The number of amides is 1. The number of hydrogen-bond acceptors (Lipinski definition) is 2. The van der Waals surface area contributed by atoms with Crippen LogP contribution < -0.4 is 5.32 Å². The minimum atomic E-state index is 0.0216. The molecule has 1 aliphatic carbocycles. The maximum absolute atomic E-state index is 12.9. The lowest BCUT2D eigenvalue weighted by molar-refractivity contribution is 0.0924. The van der Waals surface area contributed by atoms with Gasteiger partial charge in [0.15, 0.2) is 0 Å². The first kappa shape index (κ1) is 18.0. The van der Waals surface area contributed by atoms with Crippen LogP contribution in [0.4, 0.5) is 0 Å². The smallest absolute Gasteiger partial charge is 0.270 e. The van der Waals surface area contributed by atoms with Gasteiger partial charge in [-0.2, -0.15) is 0 Å². The van der Waals surface area contributed by atoms with Gasteiger partial charge in [-0.15, -0.1) is 0 Å². The standard InChI is InChI=1S/C21H31N3O/c1-17-20(24-16-12-11-15-19(24)22-17)21(25)23-18-13-9-7-5-3-2-4-6-8-10-14-18/h11-12,15-16,18H,2-10,13-14H2,1H3,(H,23,25). The van der Waals surface area contributed by atoms with Crippen molar-refractivity contribution in [3.63, 3.8) is 0 Å². The zero-order valence-electron chi connectivity index (χ0n) is 15.5. The van der Waals surface area contributed by atoms with Gasteiger partial charge in [0.05, 0.1) is 5.69 Å². The molecule has 1 aliphatic rings. The van der Waals surface area contributed by atoms with Gasteiger partial charge in [0, 0.05) is 12.2 Å². The van der Waals surface area contributed by atoms with Crippen LogP contribution in [0.5, 0.6) is 0 Å². The van der Waals surface area contributed by atoms with Crippen molar-refractivity contribution in [3.8, 4) is 0 Å². The summed E-state index contributed by atoms with van der Waals surface area (Å²) < 4.78 is 1.90. The molecule has 25 heavy (non-hydrogen) atoms. The topological polar surface area (TPSA) is 46.4 Å². The van der Waals surface area contributed by atoms with Gasteiger partial charge in [-0.1, -0.05) is 63.9 Å². The lowest BCUT2D eigenvalue weighted by Crippen LogP contribution is -2.36. The number of nitrogens with one attached hydrogen (secondary N) is 1. The third-order valence-electron chi connectivity index (χ3n) is 5.36. The van der Waals surface area contributed by atoms with Crippen LogP contribution in [0.1, 0.15) is 86.8 Å². The van der Waals surface area contributed by atoms with E-state index in [4.69, 9.17) is 0 Å². The molecule has 1 N–H and O–H groups in total. The highest BCUT2D eigenvalue weighted by Crippen LogP contribution is 2.18. The average molecular weight is 341 g/mol. The average Bonchev–Trinajstić information content (AvgIpc) is 2.93. The molecule has 1 fully saturated rings. The van der Waals surface area contributed by atoms with Crippen molar-refractivity contribution in [3.05, 3.63) is 35.8 Å². The normalized spacial score (nSPS) is 18.4. The van der Waals surface area contributed by atoms with Gasteiger partial charge in [0.25, 0.3) is 5.91 Å². The van der Waals surface area contributed by atoms with Crippen molar-refractivity contribution in [1.82, 2.24) is 14.7 Å². The molecule has 4 nitrogen and oxygen atoms in total. The summed E-state index contributed by atoms with van der Waals surface area (Å²) in [4.78, 5) is 17.4. The SMILES string of the molecule is Cc1nc2ccccn2c1C(=O)NC1CCCCCCCCCCC1. The Balaban J connectivity index is 1.67. The van der Waals surface area contributed by atoms with Gasteiger partial charge < -0.3 is 5.32 Å². The number of nitrogens with zero attached hydrogens (tertiary/aromatic N) is 2. The molecule has 0 aliphatic heterocycles. The van der Waals surface area contributed by atoms with Crippen molar-refractivity contribution < 1.29 is 4.79 Å². The lowest BCUT2D eigenvalue weighted by Gasteiger charge is -2.19. The summed E-state index contributed by atoms with van der Waals surface area (Å²) in [5, 5.41) is 3.31. The van der Waals surface area contributed by atoms with E-state index < -0.39 is 0 Å². The highest BCUT2D eigenvalue weighted by Gasteiger charge is 2.19. The molecule has 1 amide bonds. The quantitative estimate of drug-likeness (QED) is 0.831. The first-order valence-corrected chi connectivity index (χ1v) is 10.0. The van der Waals surface area contributed by atoms with Gasteiger partial charge in [-0.25, -0.2) is 4.98 Å². The molecule has 0 spiro atoms. The molecule has 0 atom stereocenters. The van der Waals surface area contributed by atoms with E-state index in [-0.39, 0.29) is 5.91 Å². The van der Waals surface area contributed by atoms with Crippen LogP contribution in [0.2, 0.25) is 0 Å². The third-order valence-corrected chi connectivity index (χ3v) is 5.36. The van der Waals surface area contributed by atoms with Crippen molar-refractivity contribution in [2.75, 3.05) is 0 Å². The van der Waals surface area contributed by atoms with E-state index in [9.17, 15) is 4.79 Å². The van der Waals surface area contributed by atoms with Crippen molar-refractivity contribution in [1.29, 1.82) is 0 Å². The first-order chi connectivity index (χ1) is 12.3. The van der Waals surface area contributed by atoms with Gasteiger partial charge in [0.1, 0.15) is 11.3 Å². The zero-order chi connectivity index (χ0) is 17.5. The number of fused-ring (bicyclic) bond motifs is 1. The van der Waals surface area contributed by atoms with Crippen molar-refractivity contribution in [2.45, 2.75) is 83.6 Å². The van der Waals surface area contributed by atoms with E-state index in [2.05, 4.69) is 10.3 Å². The Bertz CT molecular complexity index is 680. The molecule has 0 bridgehead atoms. The molecule has 3 rings (SSSR count). The fourth-order valence-electron chi connectivity index (χ4n) is 3.95. The van der Waals surface area contributed by atoms with Gasteiger partial charge in [0.2, 0.25) is 0 Å². The summed E-state index contributed by atoms with van der Waals surface area (Å²) in [6.07, 6.45) is 16.0. The molecule has 0 unspecified atom stereocenters. The first-order valence-electron chi connectivity index (χ1n) is 10.0. The fourth-order valence-corrected chi connectivity index (χ4v) is 3.95. The lowest BCUT2D eigenvalue weighted by atomic mass is 9.98. The summed E-state index contributed by atoms with van der Waals surface area (Å²) >= 11 is 0. The molecule has 0 saturated heterocycles. The Morgan fingerprint density at radius 3 is 2.24 bits per heavy atom. The zero-order valence-corrected chi connectivity index (χ0v) is 15.5. The van der Waals surface area contributed by atoms with Crippen LogP contribution in [0, 0.1) is 6.92 Å². The molecule has 0 radical (unpaired) electrons. The summed E-state index contributed by atoms with van der Waals surface area (Å²) in [6, 6.07) is 6.14. The number of pyridine rings is 1. The van der Waals surface area contributed by atoms with Gasteiger partial charge in [-0.05, 0) is 31.9 Å². The van der Waals surface area contributed by atoms with Crippen LogP contribution in [-0.4, -0.2) is 21.3 Å². The number of aryl methyl sites for hydroxylation is 1. The van der Waals surface area contributed by atoms with Gasteiger partial charge in [-0.3, -0.25) is 9.20 Å². The second-order valence-electron chi connectivity index (χ2n) is 7.40. The largest absolute Gasteiger partial charge is 0.348 e. The number of aromatic nitrogens is 2. The Morgan fingerprint density at radius 1 is 1.00 bits per heavy atom. The molecule has 2 aromatic heterocycles. The second-order valence-corrected chi connectivity index (χ2v) is 7.40. The van der Waals surface area contributed by atoms with E-state index in [1.165, 1.54) is 57.8 Å². The number of rotatable bonds is 2. The second kappa shape index (κ2) is 9.02. The molecule has 2 heterocycles. The van der Waals surface area contributed by atoms with Crippen LogP contribution in [0.15, 0.2) is 24.4 Å². The Hall–Kier alpha value is -1.84. The highest BCUT2D eigenvalue weighted by atomic mass is 16.2. The maximum atomic E-state index is 12.9. The molecule has 136 valence electrons. The van der Waals surface area contributed by atoms with E-state index in [0.717, 1.165) is 24.2 Å². The number of hydrogen-bond donors (Lipinski definition) is 1. The van der Waals surface area contributed by atoms with E-state index in [1.54, 1.807) is 0 Å². The summed E-state index contributed by atoms with van der Waals surface area (Å²) in [5.41, 5.74) is 2.32. The number of carbonyl (C=O) groups excluding carboxylic acids is 1. The van der Waals surface area contributed by atoms with Crippen molar-refractivity contribution in [2.24, 2.45) is 0 Å². The monoisotopic (exact) mass is 341 g/mol. The Morgan fingerprint density at radius 2 is 1.60 bits per heavy atom. The summed E-state index contributed by atoms with van der Waals surface area (Å²) in [5.74, 6) is 0.0216. The molecular weight excluding hydrogens is 310 g/mol. The Labute approximate surface area is 151 Å². The summed E-state index contributed by atoms with van der Waals surface area (Å²) in [6.45, 7) is 1.92. The summed E-state index contributed by atoms with van der Waals surface area (Å²) in [7, 11) is 0. The molecule has 4 heteroatoms. The number of carbonyl (C=O) groups is 1. The highest BCUT2D eigenvalue weighted by molar-refractivity contribution is 5.94. The van der Waals surface area contributed by atoms with E-state index in [1.807, 2.05) is 35.7 Å². The fraction of sp³-hybridized carbons (Fsp3) is 0.619. The molecule has 2 aromatic rings. The molecule has 1 saturated carbocycles. The predicted octanol–water partition coefficient (Wildman–Crippen LogP) is 5.05. The van der Waals surface area contributed by atoms with Crippen LogP contribution in [0.3, 0.4) is 0 Å². The predicted molar refractivity (Wildman–Crippen MR) is 102 cm³/mol. The van der Waals surface area contributed by atoms with Crippen molar-refractivity contribution >= 4 is 11.6 Å². The van der Waals surface area contributed by atoms with E-state index >= 15 is 0 Å². The number of imidazole rings is 1. The van der Waals surface area contributed by atoms with E-state index in [0.29, 0.717) is 11.7 Å².